The molecule has 1 aliphatic rings. The highest BCUT2D eigenvalue weighted by Gasteiger charge is 2.20. The predicted octanol–water partition coefficient (Wildman–Crippen LogP) is -0.730. The van der Waals surface area contributed by atoms with Gasteiger partial charge in [-0.1, -0.05) is 6.08 Å². The first-order valence-corrected chi connectivity index (χ1v) is 3.56. The van der Waals surface area contributed by atoms with Crippen LogP contribution in [0.4, 0.5) is 0 Å². The van der Waals surface area contributed by atoms with E-state index in [4.69, 9.17) is 10.8 Å². The molecular formula is C7H12N2O2. The molecule has 0 aliphatic carbocycles. The summed E-state index contributed by atoms with van der Waals surface area (Å²) in [5.41, 5.74) is 5.52. The number of carboxylic acids is 1. The number of nitrogens with zero attached hydrogens (tertiary/aromatic N) is 1. The van der Waals surface area contributed by atoms with Gasteiger partial charge in [-0.25, -0.2) is 4.79 Å². The number of carboxylic acid groups (broad SMARTS) is 1. The molecule has 0 radical (unpaired) electrons. The molecule has 0 spiro atoms. The maximum atomic E-state index is 10.0. The number of likely N-dealkylation sites (tertiary alicyclic amines) is 1. The van der Waals surface area contributed by atoms with Crippen LogP contribution in [0.15, 0.2) is 12.2 Å². The lowest BCUT2D eigenvalue weighted by Gasteiger charge is -2.35. The summed E-state index contributed by atoms with van der Waals surface area (Å²) in [6.45, 7) is 2.45. The second kappa shape index (κ2) is 3.50. The van der Waals surface area contributed by atoms with Crippen molar-refractivity contribution < 1.29 is 9.90 Å². The molecule has 0 atom stereocenters. The number of nitrogens with two attached hydrogens (primary N) is 1. The second-order valence-electron chi connectivity index (χ2n) is 2.72. The third kappa shape index (κ3) is 2.69. The minimum Gasteiger partial charge on any atom is -0.478 e. The molecule has 0 unspecified atom stereocenters. The molecule has 1 heterocycles. The van der Waals surface area contributed by atoms with Crippen LogP contribution in [-0.2, 0) is 4.79 Å². The standard InChI is InChI=1S/C7H12N2O2/c8-6-4-9(5-6)3-1-2-7(10)11/h1-2,6H,3-5,8H2,(H,10,11)/b2-1+. The van der Waals surface area contributed by atoms with Gasteiger partial charge in [0, 0.05) is 31.8 Å². The van der Waals surface area contributed by atoms with E-state index in [1.165, 1.54) is 0 Å². The van der Waals surface area contributed by atoms with Crippen LogP contribution < -0.4 is 5.73 Å². The zero-order valence-electron chi connectivity index (χ0n) is 6.23. The van der Waals surface area contributed by atoms with Crippen molar-refractivity contribution in [2.75, 3.05) is 19.6 Å². The molecule has 0 aromatic carbocycles. The van der Waals surface area contributed by atoms with Crippen molar-refractivity contribution in [3.05, 3.63) is 12.2 Å². The number of hydrogen-bond acceptors (Lipinski definition) is 3. The van der Waals surface area contributed by atoms with E-state index in [1.807, 2.05) is 0 Å². The molecule has 1 rings (SSSR count). The average Bonchev–Trinajstić information content (AvgIpc) is 1.83. The van der Waals surface area contributed by atoms with E-state index >= 15 is 0 Å². The van der Waals surface area contributed by atoms with Crippen molar-refractivity contribution in [3.8, 4) is 0 Å². The third-order valence-corrected chi connectivity index (χ3v) is 1.61. The Balaban J connectivity index is 2.09. The predicted molar refractivity (Wildman–Crippen MR) is 41.2 cm³/mol. The SMILES string of the molecule is NC1CN(C/C=C/C(=O)O)C1. The van der Waals surface area contributed by atoms with Crippen molar-refractivity contribution in [2.45, 2.75) is 6.04 Å². The average molecular weight is 156 g/mol. The van der Waals surface area contributed by atoms with Gasteiger partial charge in [0.25, 0.3) is 0 Å². The van der Waals surface area contributed by atoms with Gasteiger partial charge in [-0.15, -0.1) is 0 Å². The van der Waals surface area contributed by atoms with Crippen molar-refractivity contribution in [2.24, 2.45) is 5.73 Å². The van der Waals surface area contributed by atoms with Crippen LogP contribution in [0.2, 0.25) is 0 Å². The lowest BCUT2D eigenvalue weighted by atomic mass is 10.1. The van der Waals surface area contributed by atoms with E-state index in [-0.39, 0.29) is 6.04 Å². The Kier molecular flexibility index (Phi) is 2.62. The minimum absolute atomic E-state index is 0.285. The summed E-state index contributed by atoms with van der Waals surface area (Å²) in [5, 5.41) is 8.24. The molecule has 4 heteroatoms. The summed E-state index contributed by atoms with van der Waals surface area (Å²) in [6, 6.07) is 0.285. The highest BCUT2D eigenvalue weighted by molar-refractivity contribution is 5.79. The minimum atomic E-state index is -0.894. The number of carbonyl (C=O) groups is 1. The fraction of sp³-hybridized carbons (Fsp3) is 0.571. The maximum absolute atomic E-state index is 10.0. The quantitative estimate of drug-likeness (QED) is 0.529. The molecule has 62 valence electrons. The van der Waals surface area contributed by atoms with Gasteiger partial charge in [0.1, 0.15) is 0 Å². The van der Waals surface area contributed by atoms with E-state index in [0.717, 1.165) is 19.2 Å². The van der Waals surface area contributed by atoms with Crippen LogP contribution in [0.25, 0.3) is 0 Å². The van der Waals surface area contributed by atoms with Crippen LogP contribution in [0.3, 0.4) is 0 Å². The Morgan fingerprint density at radius 2 is 2.36 bits per heavy atom. The first-order chi connectivity index (χ1) is 5.18. The number of rotatable bonds is 3. The smallest absolute Gasteiger partial charge is 0.328 e. The molecule has 0 aromatic heterocycles. The van der Waals surface area contributed by atoms with E-state index in [0.29, 0.717) is 6.54 Å². The molecular weight excluding hydrogens is 144 g/mol. The fourth-order valence-electron chi connectivity index (χ4n) is 1.06. The van der Waals surface area contributed by atoms with E-state index in [2.05, 4.69) is 4.90 Å². The summed E-state index contributed by atoms with van der Waals surface area (Å²) >= 11 is 0. The molecule has 1 aliphatic heterocycles. The summed E-state index contributed by atoms with van der Waals surface area (Å²) in [7, 11) is 0. The van der Waals surface area contributed by atoms with Gasteiger partial charge in [0.2, 0.25) is 0 Å². The van der Waals surface area contributed by atoms with Crippen LogP contribution in [0, 0.1) is 0 Å². The van der Waals surface area contributed by atoms with Crippen LogP contribution in [0.1, 0.15) is 0 Å². The summed E-state index contributed by atoms with van der Waals surface area (Å²) in [6.07, 6.45) is 2.79. The largest absolute Gasteiger partial charge is 0.478 e. The Hall–Kier alpha value is -0.870. The van der Waals surface area contributed by atoms with E-state index < -0.39 is 5.97 Å². The zero-order chi connectivity index (χ0) is 8.27. The Bertz CT molecular complexity index is 173. The lowest BCUT2D eigenvalue weighted by molar-refractivity contribution is -0.131. The van der Waals surface area contributed by atoms with E-state index in [1.54, 1.807) is 6.08 Å². The van der Waals surface area contributed by atoms with Gasteiger partial charge in [0.15, 0.2) is 0 Å². The van der Waals surface area contributed by atoms with Gasteiger partial charge in [-0.3, -0.25) is 4.90 Å². The fourth-order valence-corrected chi connectivity index (χ4v) is 1.06. The van der Waals surface area contributed by atoms with Crippen molar-refractivity contribution in [1.82, 2.24) is 4.90 Å². The summed E-state index contributed by atoms with van der Waals surface area (Å²) in [5.74, 6) is -0.894. The second-order valence-corrected chi connectivity index (χ2v) is 2.72. The van der Waals surface area contributed by atoms with Gasteiger partial charge in [0.05, 0.1) is 0 Å². The number of hydrogen-bond donors (Lipinski definition) is 2. The van der Waals surface area contributed by atoms with Gasteiger partial charge in [-0.2, -0.15) is 0 Å². The van der Waals surface area contributed by atoms with E-state index in [9.17, 15) is 4.79 Å². The first-order valence-electron chi connectivity index (χ1n) is 3.56. The normalized spacial score (nSPS) is 20.5. The lowest BCUT2D eigenvalue weighted by Crippen LogP contribution is -2.55. The molecule has 0 bridgehead atoms. The van der Waals surface area contributed by atoms with Crippen LogP contribution in [-0.4, -0.2) is 41.7 Å². The van der Waals surface area contributed by atoms with Crippen LogP contribution in [0.5, 0.6) is 0 Å². The Labute approximate surface area is 65.3 Å². The monoisotopic (exact) mass is 156 g/mol. The molecule has 0 aromatic rings. The molecule has 11 heavy (non-hydrogen) atoms. The molecule has 1 fully saturated rings. The molecule has 4 nitrogen and oxygen atoms in total. The summed E-state index contributed by atoms with van der Waals surface area (Å²) in [4.78, 5) is 12.1. The molecule has 0 saturated carbocycles. The topological polar surface area (TPSA) is 66.6 Å². The van der Waals surface area contributed by atoms with Crippen LogP contribution >= 0.6 is 0 Å². The van der Waals surface area contributed by atoms with Crippen molar-refractivity contribution >= 4 is 5.97 Å². The maximum Gasteiger partial charge on any atom is 0.328 e. The van der Waals surface area contributed by atoms with Gasteiger partial charge in [-0.05, 0) is 0 Å². The highest BCUT2D eigenvalue weighted by atomic mass is 16.4. The summed E-state index contributed by atoms with van der Waals surface area (Å²) < 4.78 is 0. The Morgan fingerprint density at radius 1 is 1.73 bits per heavy atom. The van der Waals surface area contributed by atoms with Gasteiger partial charge >= 0.3 is 5.97 Å². The highest BCUT2D eigenvalue weighted by Crippen LogP contribution is 2.03. The Morgan fingerprint density at radius 3 is 2.82 bits per heavy atom. The molecule has 1 saturated heterocycles. The zero-order valence-corrected chi connectivity index (χ0v) is 6.23. The molecule has 3 N–H and O–H groups in total. The molecule has 0 amide bonds. The van der Waals surface area contributed by atoms with Crippen molar-refractivity contribution in [3.63, 3.8) is 0 Å². The van der Waals surface area contributed by atoms with Gasteiger partial charge < -0.3 is 10.8 Å². The number of aliphatic carboxylic acids is 1. The van der Waals surface area contributed by atoms with Crippen molar-refractivity contribution in [1.29, 1.82) is 0 Å². The third-order valence-electron chi connectivity index (χ3n) is 1.61. The first kappa shape index (κ1) is 8.23.